The van der Waals surface area contributed by atoms with E-state index in [4.69, 9.17) is 10.8 Å². The molecular weight excluding hydrogens is 120 g/mol. The molecule has 0 aromatic rings. The van der Waals surface area contributed by atoms with Crippen LogP contribution in [0.2, 0.25) is 0 Å². The van der Waals surface area contributed by atoms with Crippen LogP contribution in [0.5, 0.6) is 0 Å². The molecule has 0 spiro atoms. The molecule has 1 aliphatic heterocycles. The van der Waals surface area contributed by atoms with Crippen LogP contribution in [-0.4, -0.2) is 29.7 Å². The smallest absolute Gasteiger partial charge is 0.320 e. The lowest BCUT2D eigenvalue weighted by atomic mass is 10.2. The van der Waals surface area contributed by atoms with E-state index in [-0.39, 0.29) is 0 Å². The first-order chi connectivity index (χ1) is 4.20. The van der Waals surface area contributed by atoms with E-state index in [0.717, 1.165) is 6.54 Å². The van der Waals surface area contributed by atoms with E-state index in [0.29, 0.717) is 12.5 Å². The molecule has 0 aliphatic carbocycles. The van der Waals surface area contributed by atoms with Gasteiger partial charge in [0.15, 0.2) is 0 Å². The van der Waals surface area contributed by atoms with Gasteiger partial charge in [-0.25, -0.2) is 0 Å². The third kappa shape index (κ3) is 1.99. The minimum absolute atomic E-state index is 0.357. The van der Waals surface area contributed by atoms with Gasteiger partial charge in [0.2, 0.25) is 0 Å². The van der Waals surface area contributed by atoms with Crippen LogP contribution in [0.1, 0.15) is 6.42 Å². The Morgan fingerprint density at radius 3 is 2.89 bits per heavy atom. The van der Waals surface area contributed by atoms with Crippen LogP contribution in [0.15, 0.2) is 0 Å². The van der Waals surface area contributed by atoms with Crippen molar-refractivity contribution in [2.75, 3.05) is 6.54 Å². The summed E-state index contributed by atoms with van der Waals surface area (Å²) in [6.07, 6.45) is 0.551. The highest BCUT2D eigenvalue weighted by atomic mass is 16.4. The van der Waals surface area contributed by atoms with Crippen LogP contribution in [0.3, 0.4) is 0 Å². The molecule has 2 atom stereocenters. The van der Waals surface area contributed by atoms with Gasteiger partial charge in [0.05, 0.1) is 0 Å². The van der Waals surface area contributed by atoms with Crippen molar-refractivity contribution in [2.24, 2.45) is 5.73 Å². The molecule has 1 rings (SSSR count). The second-order valence-electron chi connectivity index (χ2n) is 2.29. The first kappa shape index (κ1) is 6.51. The molecule has 0 bridgehead atoms. The van der Waals surface area contributed by atoms with Gasteiger partial charge < -0.3 is 16.2 Å². The Labute approximate surface area is 53.0 Å². The Bertz CT molecular complexity index is 122. The maximum Gasteiger partial charge on any atom is 0.320 e. The average molecular weight is 130 g/mol. The van der Waals surface area contributed by atoms with E-state index in [1.54, 1.807) is 0 Å². The van der Waals surface area contributed by atoms with Crippen molar-refractivity contribution >= 4 is 5.97 Å². The van der Waals surface area contributed by atoms with Gasteiger partial charge in [0, 0.05) is 12.6 Å². The summed E-state index contributed by atoms with van der Waals surface area (Å²) in [4.78, 5) is 10.1. The van der Waals surface area contributed by atoms with Gasteiger partial charge >= 0.3 is 5.97 Å². The number of hydrogen-bond donors (Lipinski definition) is 3. The molecule has 1 heterocycles. The summed E-state index contributed by atoms with van der Waals surface area (Å²) in [5.74, 6) is -0.913. The zero-order valence-corrected chi connectivity index (χ0v) is 5.00. The maximum absolute atomic E-state index is 10.1. The average Bonchev–Trinajstić information content (AvgIpc) is 2.50. The highest BCUT2D eigenvalue weighted by molar-refractivity contribution is 5.73. The van der Waals surface area contributed by atoms with Crippen molar-refractivity contribution in [3.05, 3.63) is 0 Å². The zero-order valence-electron chi connectivity index (χ0n) is 5.00. The summed E-state index contributed by atoms with van der Waals surface area (Å²) < 4.78 is 0. The third-order valence-electron chi connectivity index (χ3n) is 1.35. The van der Waals surface area contributed by atoms with Gasteiger partial charge in [0.1, 0.15) is 6.04 Å². The lowest BCUT2D eigenvalue weighted by Crippen LogP contribution is -2.31. The van der Waals surface area contributed by atoms with E-state index in [1.165, 1.54) is 0 Å². The van der Waals surface area contributed by atoms with E-state index in [2.05, 4.69) is 5.32 Å². The Kier molecular flexibility index (Phi) is 1.68. The van der Waals surface area contributed by atoms with Crippen LogP contribution < -0.4 is 11.1 Å². The number of nitrogens with one attached hydrogen (secondary N) is 1. The Balaban J connectivity index is 2.16. The molecule has 52 valence electrons. The largest absolute Gasteiger partial charge is 0.480 e. The summed E-state index contributed by atoms with van der Waals surface area (Å²) in [5, 5.41) is 11.3. The molecule has 0 amide bonds. The number of carbonyl (C=O) groups is 1. The number of hydrogen-bond acceptors (Lipinski definition) is 3. The highest BCUT2D eigenvalue weighted by Crippen LogP contribution is 2.04. The fourth-order valence-electron chi connectivity index (χ4n) is 0.657. The molecule has 4 nitrogen and oxygen atoms in total. The van der Waals surface area contributed by atoms with E-state index in [9.17, 15) is 4.79 Å². The lowest BCUT2D eigenvalue weighted by Gasteiger charge is -2.01. The molecular formula is C5H10N2O2. The third-order valence-corrected chi connectivity index (χ3v) is 1.35. The number of carboxylic acids is 1. The minimum atomic E-state index is -0.913. The second-order valence-corrected chi connectivity index (χ2v) is 2.29. The topological polar surface area (TPSA) is 85.3 Å². The van der Waals surface area contributed by atoms with E-state index >= 15 is 0 Å². The van der Waals surface area contributed by atoms with Gasteiger partial charge in [0.25, 0.3) is 0 Å². The zero-order chi connectivity index (χ0) is 6.85. The quantitative estimate of drug-likeness (QED) is 0.417. The van der Waals surface area contributed by atoms with Crippen molar-refractivity contribution in [1.29, 1.82) is 0 Å². The molecule has 0 radical (unpaired) electrons. The normalized spacial score (nSPS) is 27.4. The predicted octanol–water partition coefficient (Wildman–Crippen LogP) is -1.24. The standard InChI is InChI=1S/C5H10N2O2/c6-4(5(8)9)1-3-2-7-3/h3-4,7H,1-2,6H2,(H,8,9)/t3-,4-/m0/s1. The Morgan fingerprint density at radius 1 is 2.00 bits per heavy atom. The summed E-state index contributed by atoms with van der Waals surface area (Å²) >= 11 is 0. The Morgan fingerprint density at radius 2 is 2.56 bits per heavy atom. The van der Waals surface area contributed by atoms with Gasteiger partial charge in [-0.15, -0.1) is 0 Å². The van der Waals surface area contributed by atoms with E-state index < -0.39 is 12.0 Å². The van der Waals surface area contributed by atoms with Gasteiger partial charge in [-0.05, 0) is 6.42 Å². The van der Waals surface area contributed by atoms with Crippen LogP contribution in [0.4, 0.5) is 0 Å². The molecule has 0 aromatic carbocycles. The van der Waals surface area contributed by atoms with Crippen LogP contribution in [-0.2, 0) is 4.79 Å². The van der Waals surface area contributed by atoms with Crippen molar-refractivity contribution in [3.63, 3.8) is 0 Å². The van der Waals surface area contributed by atoms with E-state index in [1.807, 2.05) is 0 Å². The molecule has 1 saturated heterocycles. The summed E-state index contributed by atoms with van der Waals surface area (Å²) in [5.41, 5.74) is 5.22. The summed E-state index contributed by atoms with van der Waals surface area (Å²) in [7, 11) is 0. The second kappa shape index (κ2) is 2.33. The molecule has 1 fully saturated rings. The molecule has 0 unspecified atom stereocenters. The SMILES string of the molecule is N[C@@H](C[C@H]1CN1)C(=O)O. The highest BCUT2D eigenvalue weighted by Gasteiger charge is 2.25. The molecule has 0 aromatic heterocycles. The molecule has 4 heteroatoms. The summed E-state index contributed by atoms with van der Waals surface area (Å²) in [6, 6.07) is -0.332. The number of nitrogens with two attached hydrogens (primary N) is 1. The van der Waals surface area contributed by atoms with Crippen molar-refractivity contribution in [3.8, 4) is 0 Å². The number of aliphatic carboxylic acids is 1. The first-order valence-corrected chi connectivity index (χ1v) is 2.92. The van der Waals surface area contributed by atoms with Crippen LogP contribution >= 0.6 is 0 Å². The Hall–Kier alpha value is -0.610. The fraction of sp³-hybridized carbons (Fsp3) is 0.800. The van der Waals surface area contributed by atoms with Crippen molar-refractivity contribution in [1.82, 2.24) is 5.32 Å². The monoisotopic (exact) mass is 130 g/mol. The van der Waals surface area contributed by atoms with Crippen LogP contribution in [0.25, 0.3) is 0 Å². The predicted molar refractivity (Wildman–Crippen MR) is 32.0 cm³/mol. The molecule has 9 heavy (non-hydrogen) atoms. The van der Waals surface area contributed by atoms with Gasteiger partial charge in [-0.3, -0.25) is 4.79 Å². The number of carboxylic acid groups (broad SMARTS) is 1. The lowest BCUT2D eigenvalue weighted by molar-refractivity contribution is -0.138. The fourth-order valence-corrected chi connectivity index (χ4v) is 0.657. The summed E-state index contributed by atoms with van der Waals surface area (Å²) in [6.45, 7) is 0.918. The molecule has 1 aliphatic rings. The van der Waals surface area contributed by atoms with Crippen LogP contribution in [0, 0.1) is 0 Å². The van der Waals surface area contributed by atoms with Crippen molar-refractivity contribution < 1.29 is 9.90 Å². The minimum Gasteiger partial charge on any atom is -0.480 e. The first-order valence-electron chi connectivity index (χ1n) is 2.92. The molecule has 4 N–H and O–H groups in total. The van der Waals surface area contributed by atoms with Gasteiger partial charge in [-0.1, -0.05) is 0 Å². The maximum atomic E-state index is 10.1. The van der Waals surface area contributed by atoms with Crippen molar-refractivity contribution in [2.45, 2.75) is 18.5 Å². The van der Waals surface area contributed by atoms with Gasteiger partial charge in [-0.2, -0.15) is 0 Å². The molecule has 0 saturated carbocycles. The number of rotatable bonds is 3.